The number of hydrogen-bond donors (Lipinski definition) is 2. The summed E-state index contributed by atoms with van der Waals surface area (Å²) in [4.78, 5) is 10.4. The number of carboxylic acid groups (broad SMARTS) is 1. The van der Waals surface area contributed by atoms with Crippen LogP contribution >= 0.6 is 0 Å². The van der Waals surface area contributed by atoms with E-state index < -0.39 is 5.97 Å². The van der Waals surface area contributed by atoms with Gasteiger partial charge < -0.3 is 10.4 Å². The van der Waals surface area contributed by atoms with Gasteiger partial charge in [-0.25, -0.2) is 0 Å². The first-order chi connectivity index (χ1) is 5.68. The lowest BCUT2D eigenvalue weighted by molar-refractivity contribution is -0.141. The van der Waals surface area contributed by atoms with Crippen molar-refractivity contribution in [1.82, 2.24) is 5.32 Å². The van der Waals surface area contributed by atoms with Crippen LogP contribution in [-0.2, 0) is 4.79 Å². The lowest BCUT2D eigenvalue weighted by Crippen LogP contribution is -2.13. The summed E-state index contributed by atoms with van der Waals surface area (Å²) in [6, 6.07) is 0. The van der Waals surface area contributed by atoms with Gasteiger partial charge in [-0.2, -0.15) is 0 Å². The number of carbonyl (C=O) groups is 1. The van der Waals surface area contributed by atoms with Crippen LogP contribution in [-0.4, -0.2) is 17.6 Å². The van der Waals surface area contributed by atoms with Gasteiger partial charge in [-0.3, -0.25) is 4.79 Å². The molecule has 0 aromatic heterocycles. The summed E-state index contributed by atoms with van der Waals surface area (Å²) >= 11 is 0. The van der Waals surface area contributed by atoms with Crippen LogP contribution in [0.2, 0.25) is 0 Å². The van der Waals surface area contributed by atoms with E-state index in [4.69, 9.17) is 5.11 Å². The van der Waals surface area contributed by atoms with Crippen LogP contribution < -0.4 is 5.32 Å². The van der Waals surface area contributed by atoms with Gasteiger partial charge in [-0.1, -0.05) is 13.0 Å². The first-order valence-corrected chi connectivity index (χ1v) is 4.25. The Kier molecular flexibility index (Phi) is 6.15. The van der Waals surface area contributed by atoms with Gasteiger partial charge in [0.2, 0.25) is 0 Å². The second kappa shape index (κ2) is 6.70. The van der Waals surface area contributed by atoms with E-state index in [9.17, 15) is 4.79 Å². The predicted molar refractivity (Wildman–Crippen MR) is 48.9 cm³/mol. The van der Waals surface area contributed by atoms with Crippen molar-refractivity contribution in [3.05, 3.63) is 12.3 Å². The Hall–Kier alpha value is -0.990. The molecule has 12 heavy (non-hydrogen) atoms. The molecule has 0 spiro atoms. The third-order valence-corrected chi connectivity index (χ3v) is 1.66. The molecule has 0 rings (SSSR count). The predicted octanol–water partition coefficient (Wildman–Crippen LogP) is 1.61. The van der Waals surface area contributed by atoms with Crippen LogP contribution in [0.3, 0.4) is 0 Å². The van der Waals surface area contributed by atoms with Crippen molar-refractivity contribution in [1.29, 1.82) is 0 Å². The molecule has 2 N–H and O–H groups in total. The van der Waals surface area contributed by atoms with Crippen LogP contribution in [0.1, 0.15) is 26.7 Å². The van der Waals surface area contributed by atoms with Gasteiger partial charge in [0.05, 0.1) is 5.92 Å². The molecule has 0 aromatic rings. The van der Waals surface area contributed by atoms with Crippen LogP contribution in [0.5, 0.6) is 0 Å². The van der Waals surface area contributed by atoms with Gasteiger partial charge in [0.15, 0.2) is 0 Å². The summed E-state index contributed by atoms with van der Waals surface area (Å²) in [6.45, 7) is 4.52. The Morgan fingerprint density at radius 1 is 1.67 bits per heavy atom. The summed E-state index contributed by atoms with van der Waals surface area (Å²) in [7, 11) is 0. The molecule has 0 radical (unpaired) electrons. The molecule has 3 heteroatoms. The topological polar surface area (TPSA) is 49.3 Å². The number of hydrogen-bond acceptors (Lipinski definition) is 2. The van der Waals surface area contributed by atoms with Crippen LogP contribution in [0.25, 0.3) is 0 Å². The van der Waals surface area contributed by atoms with Crippen molar-refractivity contribution >= 4 is 5.97 Å². The second-order valence-corrected chi connectivity index (χ2v) is 2.84. The molecule has 0 bridgehead atoms. The van der Waals surface area contributed by atoms with Crippen molar-refractivity contribution in [3.63, 3.8) is 0 Å². The van der Waals surface area contributed by atoms with Gasteiger partial charge in [0, 0.05) is 6.54 Å². The summed E-state index contributed by atoms with van der Waals surface area (Å²) in [5.74, 6) is -0.932. The highest BCUT2D eigenvalue weighted by Crippen LogP contribution is 2.03. The minimum atomic E-state index is -0.707. The maximum atomic E-state index is 10.4. The van der Waals surface area contributed by atoms with Gasteiger partial charge in [-0.05, 0) is 26.0 Å². The summed E-state index contributed by atoms with van der Waals surface area (Å²) in [6.07, 6.45) is 5.42. The fourth-order valence-corrected chi connectivity index (χ4v) is 0.835. The zero-order valence-corrected chi connectivity index (χ0v) is 7.71. The molecule has 1 atom stereocenters. The molecule has 0 aromatic carbocycles. The summed E-state index contributed by atoms with van der Waals surface area (Å²) < 4.78 is 0. The lowest BCUT2D eigenvalue weighted by Gasteiger charge is -2.04. The first kappa shape index (κ1) is 11.0. The van der Waals surface area contributed by atoms with E-state index in [0.717, 1.165) is 19.4 Å². The third kappa shape index (κ3) is 5.77. The Morgan fingerprint density at radius 3 is 2.83 bits per heavy atom. The van der Waals surface area contributed by atoms with Crippen molar-refractivity contribution in [3.8, 4) is 0 Å². The standard InChI is InChI=1S/C9H17NO2/c1-3-6-10-7-4-5-8(2)9(11)12/h3,6,8,10H,4-5,7H2,1-2H3,(H,11,12). The first-order valence-electron chi connectivity index (χ1n) is 4.25. The minimum absolute atomic E-state index is 0.225. The highest BCUT2D eigenvalue weighted by atomic mass is 16.4. The zero-order chi connectivity index (χ0) is 9.40. The Morgan fingerprint density at radius 2 is 2.33 bits per heavy atom. The van der Waals surface area contributed by atoms with E-state index >= 15 is 0 Å². The van der Waals surface area contributed by atoms with Gasteiger partial charge in [0.1, 0.15) is 0 Å². The molecular formula is C9H17NO2. The van der Waals surface area contributed by atoms with Crippen LogP contribution in [0.4, 0.5) is 0 Å². The molecule has 0 fully saturated rings. The maximum absolute atomic E-state index is 10.4. The molecule has 0 saturated heterocycles. The average Bonchev–Trinajstić information content (AvgIpc) is 2.03. The van der Waals surface area contributed by atoms with Gasteiger partial charge in [0.25, 0.3) is 0 Å². The van der Waals surface area contributed by atoms with E-state index in [2.05, 4.69) is 5.32 Å². The van der Waals surface area contributed by atoms with E-state index in [0.29, 0.717) is 0 Å². The number of allylic oxidation sites excluding steroid dienone is 1. The van der Waals surface area contributed by atoms with E-state index in [1.165, 1.54) is 0 Å². The molecule has 0 aliphatic carbocycles. The molecule has 0 aliphatic rings. The molecular weight excluding hydrogens is 154 g/mol. The normalized spacial score (nSPS) is 13.2. The molecule has 0 saturated carbocycles. The number of carboxylic acids is 1. The van der Waals surface area contributed by atoms with Crippen molar-refractivity contribution < 1.29 is 9.90 Å². The smallest absolute Gasteiger partial charge is 0.306 e. The molecule has 0 heterocycles. The van der Waals surface area contributed by atoms with Crippen molar-refractivity contribution in [2.24, 2.45) is 5.92 Å². The zero-order valence-electron chi connectivity index (χ0n) is 7.71. The van der Waals surface area contributed by atoms with Crippen molar-refractivity contribution in [2.45, 2.75) is 26.7 Å². The van der Waals surface area contributed by atoms with Crippen LogP contribution in [0.15, 0.2) is 12.3 Å². The quantitative estimate of drug-likeness (QED) is 0.597. The highest BCUT2D eigenvalue weighted by molar-refractivity contribution is 5.69. The van der Waals surface area contributed by atoms with E-state index in [1.807, 2.05) is 19.2 Å². The Balaban J connectivity index is 3.25. The van der Waals surface area contributed by atoms with E-state index in [1.54, 1.807) is 6.92 Å². The van der Waals surface area contributed by atoms with Crippen molar-refractivity contribution in [2.75, 3.05) is 6.54 Å². The number of aliphatic carboxylic acids is 1. The minimum Gasteiger partial charge on any atom is -0.481 e. The number of nitrogens with one attached hydrogen (secondary N) is 1. The van der Waals surface area contributed by atoms with Crippen LogP contribution in [0, 0.1) is 5.92 Å². The average molecular weight is 171 g/mol. The Bertz CT molecular complexity index is 155. The van der Waals surface area contributed by atoms with Gasteiger partial charge >= 0.3 is 5.97 Å². The van der Waals surface area contributed by atoms with Gasteiger partial charge in [-0.15, -0.1) is 0 Å². The summed E-state index contributed by atoms with van der Waals surface area (Å²) in [5.41, 5.74) is 0. The molecule has 0 amide bonds. The molecule has 3 nitrogen and oxygen atoms in total. The summed E-state index contributed by atoms with van der Waals surface area (Å²) in [5, 5.41) is 11.6. The fourth-order valence-electron chi connectivity index (χ4n) is 0.835. The fraction of sp³-hybridized carbons (Fsp3) is 0.667. The third-order valence-electron chi connectivity index (χ3n) is 1.66. The molecule has 70 valence electrons. The Labute approximate surface area is 73.5 Å². The molecule has 1 unspecified atom stereocenters. The lowest BCUT2D eigenvalue weighted by atomic mass is 10.1. The monoisotopic (exact) mass is 171 g/mol. The van der Waals surface area contributed by atoms with E-state index in [-0.39, 0.29) is 5.92 Å². The number of rotatable bonds is 6. The maximum Gasteiger partial charge on any atom is 0.306 e. The molecule has 0 aliphatic heterocycles. The SMILES string of the molecule is CC=CNCCCC(C)C(=O)O. The second-order valence-electron chi connectivity index (χ2n) is 2.84. The largest absolute Gasteiger partial charge is 0.481 e. The highest BCUT2D eigenvalue weighted by Gasteiger charge is 2.08.